The molecule has 1 nitrogen and oxygen atoms in total. The van der Waals surface area contributed by atoms with Crippen molar-refractivity contribution in [2.24, 2.45) is 0 Å². The van der Waals surface area contributed by atoms with Crippen molar-refractivity contribution in [3.8, 4) is 22.6 Å². The minimum absolute atomic E-state index is 0.843. The van der Waals surface area contributed by atoms with Gasteiger partial charge < -0.3 is 4.74 Å². The molecule has 146 valence electrons. The SMILES string of the molecule is c1ccc(Oc2c3ccccc3c(-c3cccc4ccccc34)c3ccccc23)cc1. The first-order valence-electron chi connectivity index (χ1n) is 10.5. The van der Waals surface area contributed by atoms with Gasteiger partial charge in [0.25, 0.3) is 0 Å². The quantitative estimate of drug-likeness (QED) is 0.272. The van der Waals surface area contributed by atoms with E-state index < -0.39 is 0 Å². The van der Waals surface area contributed by atoms with E-state index in [0.29, 0.717) is 0 Å². The Morgan fingerprint density at radius 2 is 0.903 bits per heavy atom. The molecule has 0 N–H and O–H groups in total. The fourth-order valence-corrected chi connectivity index (χ4v) is 4.54. The van der Waals surface area contributed by atoms with Crippen LogP contribution in [0.3, 0.4) is 0 Å². The average molecular weight is 396 g/mol. The minimum Gasteiger partial charge on any atom is -0.456 e. The monoisotopic (exact) mass is 396 g/mol. The normalized spacial score (nSPS) is 11.2. The van der Waals surface area contributed by atoms with Crippen LogP contribution in [-0.4, -0.2) is 0 Å². The van der Waals surface area contributed by atoms with Gasteiger partial charge in [-0.25, -0.2) is 0 Å². The third-order valence-electron chi connectivity index (χ3n) is 5.90. The third-order valence-corrected chi connectivity index (χ3v) is 5.90. The number of hydrogen-bond donors (Lipinski definition) is 0. The molecule has 1 heteroatoms. The van der Waals surface area contributed by atoms with Gasteiger partial charge in [-0.3, -0.25) is 0 Å². The van der Waals surface area contributed by atoms with Crippen LogP contribution in [0.25, 0.3) is 43.4 Å². The van der Waals surface area contributed by atoms with Crippen molar-refractivity contribution in [3.63, 3.8) is 0 Å². The molecular weight excluding hydrogens is 376 g/mol. The zero-order valence-electron chi connectivity index (χ0n) is 17.0. The Hall–Kier alpha value is -4.10. The molecule has 0 fully saturated rings. The highest BCUT2D eigenvalue weighted by atomic mass is 16.5. The fourth-order valence-electron chi connectivity index (χ4n) is 4.54. The second-order valence-corrected chi connectivity index (χ2v) is 7.74. The van der Waals surface area contributed by atoms with Gasteiger partial charge in [0, 0.05) is 10.8 Å². The van der Waals surface area contributed by atoms with E-state index in [1.165, 1.54) is 32.7 Å². The molecule has 0 unspecified atom stereocenters. The molecular formula is C30H20O. The van der Waals surface area contributed by atoms with E-state index in [1.54, 1.807) is 0 Å². The number of ether oxygens (including phenoxy) is 1. The van der Waals surface area contributed by atoms with Gasteiger partial charge in [-0.1, -0.05) is 109 Å². The lowest BCUT2D eigenvalue weighted by Crippen LogP contribution is -1.92. The number of fused-ring (bicyclic) bond motifs is 3. The van der Waals surface area contributed by atoms with Gasteiger partial charge in [0.15, 0.2) is 0 Å². The molecule has 6 aromatic carbocycles. The predicted octanol–water partition coefficient (Wildman–Crippen LogP) is 8.61. The molecule has 0 saturated heterocycles. The Balaban J connectivity index is 1.75. The highest BCUT2D eigenvalue weighted by Gasteiger charge is 2.17. The number of benzene rings is 6. The van der Waals surface area contributed by atoms with Crippen LogP contribution in [0.1, 0.15) is 0 Å². The Morgan fingerprint density at radius 1 is 0.387 bits per heavy atom. The molecule has 0 spiro atoms. The lowest BCUT2D eigenvalue weighted by atomic mass is 9.89. The average Bonchev–Trinajstić information content (AvgIpc) is 2.84. The van der Waals surface area contributed by atoms with Gasteiger partial charge in [-0.2, -0.15) is 0 Å². The first-order valence-corrected chi connectivity index (χ1v) is 10.5. The maximum Gasteiger partial charge on any atom is 0.143 e. The van der Waals surface area contributed by atoms with Crippen LogP contribution in [0, 0.1) is 0 Å². The van der Waals surface area contributed by atoms with Gasteiger partial charge in [0.05, 0.1) is 0 Å². The molecule has 31 heavy (non-hydrogen) atoms. The van der Waals surface area contributed by atoms with Crippen LogP contribution in [-0.2, 0) is 0 Å². The summed E-state index contributed by atoms with van der Waals surface area (Å²) in [5.74, 6) is 1.75. The molecule has 6 aromatic rings. The Labute approximate surface area is 181 Å². The van der Waals surface area contributed by atoms with Gasteiger partial charge in [-0.05, 0) is 44.8 Å². The maximum atomic E-state index is 6.48. The van der Waals surface area contributed by atoms with Crippen LogP contribution in [0.2, 0.25) is 0 Å². The predicted molar refractivity (Wildman–Crippen MR) is 131 cm³/mol. The lowest BCUT2D eigenvalue weighted by Gasteiger charge is -2.18. The van der Waals surface area contributed by atoms with E-state index >= 15 is 0 Å². The minimum atomic E-state index is 0.843. The first kappa shape index (κ1) is 17.7. The lowest BCUT2D eigenvalue weighted by molar-refractivity contribution is 0.494. The summed E-state index contributed by atoms with van der Waals surface area (Å²) in [7, 11) is 0. The molecule has 0 aliphatic heterocycles. The van der Waals surface area contributed by atoms with E-state index in [2.05, 4.69) is 91.0 Å². The molecule has 0 amide bonds. The zero-order valence-corrected chi connectivity index (χ0v) is 17.0. The van der Waals surface area contributed by atoms with Crippen molar-refractivity contribution in [2.45, 2.75) is 0 Å². The zero-order chi connectivity index (χ0) is 20.6. The van der Waals surface area contributed by atoms with E-state index in [-0.39, 0.29) is 0 Å². The molecule has 0 saturated carbocycles. The van der Waals surface area contributed by atoms with E-state index in [1.807, 2.05) is 30.3 Å². The third kappa shape index (κ3) is 2.94. The van der Waals surface area contributed by atoms with Crippen molar-refractivity contribution in [3.05, 3.63) is 121 Å². The molecule has 0 heterocycles. The molecule has 6 rings (SSSR count). The standard InChI is InChI=1S/C30H20O/c1-2-13-22(14-3-1)31-30-27-18-8-6-16-25(27)29(26-17-7-9-19-28(26)30)24-20-10-12-21-11-4-5-15-23(21)24/h1-20H. The summed E-state index contributed by atoms with van der Waals surface area (Å²) in [6.07, 6.45) is 0. The smallest absolute Gasteiger partial charge is 0.143 e. The summed E-state index contributed by atoms with van der Waals surface area (Å²) in [6, 6.07) is 42.3. The largest absolute Gasteiger partial charge is 0.456 e. The summed E-state index contributed by atoms with van der Waals surface area (Å²) < 4.78 is 6.48. The summed E-state index contributed by atoms with van der Waals surface area (Å²) in [5.41, 5.74) is 2.50. The van der Waals surface area contributed by atoms with Gasteiger partial charge in [0.1, 0.15) is 11.5 Å². The fraction of sp³-hybridized carbons (Fsp3) is 0. The van der Waals surface area contributed by atoms with Gasteiger partial charge in [0.2, 0.25) is 0 Å². The van der Waals surface area contributed by atoms with Crippen molar-refractivity contribution in [1.29, 1.82) is 0 Å². The second kappa shape index (κ2) is 7.30. The highest BCUT2D eigenvalue weighted by molar-refractivity contribution is 6.20. The first-order chi connectivity index (χ1) is 15.4. The second-order valence-electron chi connectivity index (χ2n) is 7.74. The topological polar surface area (TPSA) is 9.23 Å². The molecule has 0 aliphatic carbocycles. The number of hydrogen-bond acceptors (Lipinski definition) is 1. The molecule has 0 aliphatic rings. The van der Waals surface area contributed by atoms with Gasteiger partial charge in [-0.15, -0.1) is 0 Å². The van der Waals surface area contributed by atoms with Crippen molar-refractivity contribution < 1.29 is 4.74 Å². The van der Waals surface area contributed by atoms with E-state index in [4.69, 9.17) is 4.74 Å². The molecule has 0 aromatic heterocycles. The van der Waals surface area contributed by atoms with Crippen LogP contribution >= 0.6 is 0 Å². The Bertz CT molecular complexity index is 1490. The van der Waals surface area contributed by atoms with E-state index in [9.17, 15) is 0 Å². The van der Waals surface area contributed by atoms with Crippen LogP contribution in [0.5, 0.6) is 11.5 Å². The summed E-state index contributed by atoms with van der Waals surface area (Å²) >= 11 is 0. The summed E-state index contributed by atoms with van der Waals surface area (Å²) in [4.78, 5) is 0. The Morgan fingerprint density at radius 3 is 1.58 bits per heavy atom. The van der Waals surface area contributed by atoms with Gasteiger partial charge >= 0.3 is 0 Å². The van der Waals surface area contributed by atoms with Crippen LogP contribution in [0.15, 0.2) is 121 Å². The van der Waals surface area contributed by atoms with Crippen LogP contribution in [0.4, 0.5) is 0 Å². The molecule has 0 bridgehead atoms. The summed E-state index contributed by atoms with van der Waals surface area (Å²) in [6.45, 7) is 0. The van der Waals surface area contributed by atoms with Crippen LogP contribution < -0.4 is 4.74 Å². The number of para-hydroxylation sites is 1. The number of rotatable bonds is 3. The Kier molecular flexibility index (Phi) is 4.18. The maximum absolute atomic E-state index is 6.48. The summed E-state index contributed by atoms with van der Waals surface area (Å²) in [5, 5.41) is 7.14. The van der Waals surface area contributed by atoms with Crippen molar-refractivity contribution in [1.82, 2.24) is 0 Å². The van der Waals surface area contributed by atoms with E-state index in [0.717, 1.165) is 22.3 Å². The molecule has 0 radical (unpaired) electrons. The highest BCUT2D eigenvalue weighted by Crippen LogP contribution is 2.45. The van der Waals surface area contributed by atoms with Crippen molar-refractivity contribution >= 4 is 32.3 Å². The van der Waals surface area contributed by atoms with Crippen molar-refractivity contribution in [2.75, 3.05) is 0 Å². The molecule has 0 atom stereocenters.